The Kier molecular flexibility index (Phi) is 3.88. The first-order valence-corrected chi connectivity index (χ1v) is 6.69. The van der Waals surface area contributed by atoms with Crippen LogP contribution in [0.2, 0.25) is 0 Å². The molecule has 102 valence electrons. The number of nitrogens with zero attached hydrogens (tertiary/aromatic N) is 2. The van der Waals surface area contributed by atoms with E-state index >= 15 is 0 Å². The highest BCUT2D eigenvalue weighted by atomic mass is 19.1. The molecular weight excluding hydrogens is 241 g/mol. The van der Waals surface area contributed by atoms with Gasteiger partial charge in [-0.15, -0.1) is 0 Å². The predicted molar refractivity (Wildman–Crippen MR) is 76.4 cm³/mol. The van der Waals surface area contributed by atoms with E-state index in [1.807, 2.05) is 17.6 Å². The van der Waals surface area contributed by atoms with Crippen molar-refractivity contribution in [2.75, 3.05) is 5.73 Å². The summed E-state index contributed by atoms with van der Waals surface area (Å²) >= 11 is 0. The van der Waals surface area contributed by atoms with Crippen molar-refractivity contribution in [3.05, 3.63) is 35.4 Å². The molecule has 0 fully saturated rings. The van der Waals surface area contributed by atoms with Crippen LogP contribution in [0.4, 0.5) is 10.2 Å². The van der Waals surface area contributed by atoms with Gasteiger partial charge in [0, 0.05) is 18.5 Å². The van der Waals surface area contributed by atoms with Crippen molar-refractivity contribution in [3.63, 3.8) is 0 Å². The second-order valence-electron chi connectivity index (χ2n) is 4.72. The van der Waals surface area contributed by atoms with Crippen molar-refractivity contribution in [3.8, 4) is 11.3 Å². The Morgan fingerprint density at radius 2 is 2.05 bits per heavy atom. The number of imidazole rings is 1. The molecule has 0 atom stereocenters. The molecule has 0 aliphatic rings. The lowest BCUT2D eigenvalue weighted by Crippen LogP contribution is -2.05. The lowest BCUT2D eigenvalue weighted by Gasteiger charge is -2.05. The van der Waals surface area contributed by atoms with Gasteiger partial charge < -0.3 is 10.3 Å². The van der Waals surface area contributed by atoms with Crippen molar-refractivity contribution in [2.45, 2.75) is 40.2 Å². The molecule has 1 heterocycles. The molecule has 2 N–H and O–H groups in total. The molecule has 0 bridgehead atoms. The van der Waals surface area contributed by atoms with E-state index in [4.69, 9.17) is 5.73 Å². The Morgan fingerprint density at radius 1 is 1.32 bits per heavy atom. The minimum Gasteiger partial charge on any atom is -0.383 e. The summed E-state index contributed by atoms with van der Waals surface area (Å²) < 4.78 is 15.7. The molecule has 0 radical (unpaired) electrons. The molecule has 19 heavy (non-hydrogen) atoms. The lowest BCUT2D eigenvalue weighted by atomic mass is 10.1. The first kappa shape index (κ1) is 13.6. The summed E-state index contributed by atoms with van der Waals surface area (Å²) in [4.78, 5) is 4.58. The SMILES string of the molecule is CCCc1nc(-c2ccc(C)c(F)c2)c(N)n1CC. The van der Waals surface area contributed by atoms with Crippen molar-refractivity contribution in [1.29, 1.82) is 0 Å². The van der Waals surface area contributed by atoms with Gasteiger partial charge in [0.15, 0.2) is 0 Å². The number of hydrogen-bond acceptors (Lipinski definition) is 2. The summed E-state index contributed by atoms with van der Waals surface area (Å²) in [7, 11) is 0. The molecular formula is C15H20FN3. The number of nitrogen functional groups attached to an aromatic ring is 1. The molecule has 0 unspecified atom stereocenters. The van der Waals surface area contributed by atoms with Gasteiger partial charge in [0.1, 0.15) is 23.2 Å². The minimum atomic E-state index is -0.222. The third-order valence-corrected chi connectivity index (χ3v) is 3.32. The van der Waals surface area contributed by atoms with E-state index < -0.39 is 0 Å². The monoisotopic (exact) mass is 261 g/mol. The molecule has 3 nitrogen and oxygen atoms in total. The van der Waals surface area contributed by atoms with Gasteiger partial charge in [-0.3, -0.25) is 0 Å². The van der Waals surface area contributed by atoms with Gasteiger partial charge in [0.05, 0.1) is 0 Å². The maximum Gasteiger partial charge on any atom is 0.131 e. The molecule has 0 aliphatic carbocycles. The standard InChI is InChI=1S/C15H20FN3/c1-4-6-13-18-14(15(17)19(13)5-2)11-8-7-10(3)12(16)9-11/h7-9H,4-6,17H2,1-3H3. The van der Waals surface area contributed by atoms with E-state index in [-0.39, 0.29) is 5.82 Å². The molecule has 0 aliphatic heterocycles. The fraction of sp³-hybridized carbons (Fsp3) is 0.400. The number of aromatic nitrogens is 2. The largest absolute Gasteiger partial charge is 0.383 e. The number of rotatable bonds is 4. The molecule has 1 aromatic carbocycles. The van der Waals surface area contributed by atoms with Gasteiger partial charge in [0.25, 0.3) is 0 Å². The maximum absolute atomic E-state index is 13.7. The predicted octanol–water partition coefficient (Wildman–Crippen LogP) is 3.55. The quantitative estimate of drug-likeness (QED) is 0.914. The Hall–Kier alpha value is -1.84. The molecule has 2 rings (SSSR count). The van der Waals surface area contributed by atoms with Crippen LogP contribution in [-0.4, -0.2) is 9.55 Å². The Morgan fingerprint density at radius 3 is 2.63 bits per heavy atom. The third-order valence-electron chi connectivity index (χ3n) is 3.32. The molecule has 2 aromatic rings. The fourth-order valence-electron chi connectivity index (χ4n) is 2.23. The second-order valence-corrected chi connectivity index (χ2v) is 4.72. The van der Waals surface area contributed by atoms with Gasteiger partial charge in [-0.2, -0.15) is 0 Å². The number of aryl methyl sites for hydroxylation is 2. The lowest BCUT2D eigenvalue weighted by molar-refractivity contribution is 0.619. The van der Waals surface area contributed by atoms with E-state index in [0.29, 0.717) is 17.1 Å². The first-order chi connectivity index (χ1) is 9.08. The van der Waals surface area contributed by atoms with Crippen molar-refractivity contribution in [2.24, 2.45) is 0 Å². The van der Waals surface area contributed by atoms with Crippen LogP contribution in [0.25, 0.3) is 11.3 Å². The molecule has 0 amide bonds. The molecule has 1 aromatic heterocycles. The zero-order valence-corrected chi connectivity index (χ0v) is 11.7. The number of benzene rings is 1. The molecule has 0 saturated carbocycles. The fourth-order valence-corrected chi connectivity index (χ4v) is 2.23. The van der Waals surface area contributed by atoms with E-state index in [9.17, 15) is 4.39 Å². The smallest absolute Gasteiger partial charge is 0.131 e. The third kappa shape index (κ3) is 2.48. The summed E-state index contributed by atoms with van der Waals surface area (Å²) in [6, 6.07) is 5.13. The van der Waals surface area contributed by atoms with E-state index in [1.165, 1.54) is 6.07 Å². The highest BCUT2D eigenvalue weighted by Gasteiger charge is 2.15. The Labute approximate surface area is 113 Å². The van der Waals surface area contributed by atoms with Crippen LogP contribution in [0.3, 0.4) is 0 Å². The van der Waals surface area contributed by atoms with Crippen LogP contribution in [-0.2, 0) is 13.0 Å². The van der Waals surface area contributed by atoms with Crippen LogP contribution in [0.5, 0.6) is 0 Å². The summed E-state index contributed by atoms with van der Waals surface area (Å²) in [5.41, 5.74) is 8.20. The Bertz CT molecular complexity index is 587. The van der Waals surface area contributed by atoms with Crippen molar-refractivity contribution >= 4 is 5.82 Å². The molecule has 0 spiro atoms. The number of nitrogens with two attached hydrogens (primary N) is 1. The molecule has 0 saturated heterocycles. The summed E-state index contributed by atoms with van der Waals surface area (Å²) in [5, 5.41) is 0. The highest BCUT2D eigenvalue weighted by molar-refractivity contribution is 5.71. The van der Waals surface area contributed by atoms with Crippen LogP contribution in [0, 0.1) is 12.7 Å². The average Bonchev–Trinajstić information content (AvgIpc) is 2.70. The van der Waals surface area contributed by atoms with Gasteiger partial charge in [-0.25, -0.2) is 9.37 Å². The summed E-state index contributed by atoms with van der Waals surface area (Å²) in [6.45, 7) is 6.67. The zero-order valence-electron chi connectivity index (χ0n) is 11.7. The number of anilines is 1. The normalized spacial score (nSPS) is 10.9. The Balaban J connectivity index is 2.52. The molecule has 4 heteroatoms. The second kappa shape index (κ2) is 5.43. The minimum absolute atomic E-state index is 0.222. The van der Waals surface area contributed by atoms with Crippen molar-refractivity contribution < 1.29 is 4.39 Å². The summed E-state index contributed by atoms with van der Waals surface area (Å²) in [5.74, 6) is 1.37. The summed E-state index contributed by atoms with van der Waals surface area (Å²) in [6.07, 6.45) is 1.89. The van der Waals surface area contributed by atoms with Crippen LogP contribution in [0.1, 0.15) is 31.7 Å². The van der Waals surface area contributed by atoms with E-state index in [1.54, 1.807) is 13.0 Å². The van der Waals surface area contributed by atoms with E-state index in [2.05, 4.69) is 11.9 Å². The average molecular weight is 261 g/mol. The first-order valence-electron chi connectivity index (χ1n) is 6.69. The number of halogens is 1. The van der Waals surface area contributed by atoms with Crippen molar-refractivity contribution in [1.82, 2.24) is 9.55 Å². The zero-order chi connectivity index (χ0) is 14.0. The topological polar surface area (TPSA) is 43.8 Å². The van der Waals surface area contributed by atoms with Gasteiger partial charge in [-0.1, -0.05) is 19.1 Å². The highest BCUT2D eigenvalue weighted by Crippen LogP contribution is 2.28. The van der Waals surface area contributed by atoms with Crippen LogP contribution < -0.4 is 5.73 Å². The van der Waals surface area contributed by atoms with Gasteiger partial charge >= 0.3 is 0 Å². The van der Waals surface area contributed by atoms with Gasteiger partial charge in [-0.05, 0) is 31.9 Å². The number of hydrogen-bond donors (Lipinski definition) is 1. The van der Waals surface area contributed by atoms with E-state index in [0.717, 1.165) is 30.8 Å². The van der Waals surface area contributed by atoms with Crippen LogP contribution in [0.15, 0.2) is 18.2 Å². The van der Waals surface area contributed by atoms with Crippen LogP contribution >= 0.6 is 0 Å². The maximum atomic E-state index is 13.7. The van der Waals surface area contributed by atoms with Gasteiger partial charge in [0.2, 0.25) is 0 Å².